The van der Waals surface area contributed by atoms with Gasteiger partial charge in [-0.25, -0.2) is 8.42 Å². The van der Waals surface area contributed by atoms with E-state index in [9.17, 15) is 28.6 Å². The van der Waals surface area contributed by atoms with E-state index in [1.54, 1.807) is 13.8 Å². The second-order valence-corrected chi connectivity index (χ2v) is 7.27. The largest absolute Gasteiger partial charge is 0.433 e. The Hall–Kier alpha value is -3.32. The molecule has 12 nitrogen and oxygen atoms in total. The lowest BCUT2D eigenvalue weighted by Gasteiger charge is -2.18. The Kier molecular flexibility index (Phi) is 6.43. The van der Waals surface area contributed by atoms with Crippen LogP contribution in [0, 0.1) is 20.2 Å². The number of benzene rings is 1. The summed E-state index contributed by atoms with van der Waals surface area (Å²) < 4.78 is 31.1. The fourth-order valence-electron chi connectivity index (χ4n) is 2.31. The molecule has 0 aliphatic carbocycles. The number of furan rings is 1. The summed E-state index contributed by atoms with van der Waals surface area (Å²) in [5.74, 6) is -0.416. The van der Waals surface area contributed by atoms with Gasteiger partial charge in [0.15, 0.2) is 5.76 Å². The van der Waals surface area contributed by atoms with Gasteiger partial charge in [0, 0.05) is 19.2 Å². The number of nitro benzene ring substituents is 1. The third-order valence-corrected chi connectivity index (χ3v) is 5.72. The van der Waals surface area contributed by atoms with Gasteiger partial charge in [-0.3, -0.25) is 25.7 Å². The van der Waals surface area contributed by atoms with Gasteiger partial charge in [0.1, 0.15) is 10.6 Å². The van der Waals surface area contributed by atoms with Gasteiger partial charge >= 0.3 is 5.88 Å². The Morgan fingerprint density at radius 2 is 1.82 bits per heavy atom. The van der Waals surface area contributed by atoms with E-state index in [4.69, 9.17) is 4.42 Å². The van der Waals surface area contributed by atoms with E-state index in [0.717, 1.165) is 18.3 Å². The maximum atomic E-state index is 12.5. The molecule has 28 heavy (non-hydrogen) atoms. The van der Waals surface area contributed by atoms with Crippen LogP contribution in [0.5, 0.6) is 0 Å². The van der Waals surface area contributed by atoms with E-state index in [-0.39, 0.29) is 29.4 Å². The molecule has 2 aromatic rings. The van der Waals surface area contributed by atoms with Crippen LogP contribution in [0.4, 0.5) is 17.3 Å². The van der Waals surface area contributed by atoms with Crippen LogP contribution in [0.15, 0.2) is 44.7 Å². The summed E-state index contributed by atoms with van der Waals surface area (Å²) >= 11 is 0. The molecule has 13 heteroatoms. The van der Waals surface area contributed by atoms with E-state index in [0.29, 0.717) is 0 Å². The van der Waals surface area contributed by atoms with E-state index in [1.165, 1.54) is 22.5 Å². The first-order valence-electron chi connectivity index (χ1n) is 8.02. The van der Waals surface area contributed by atoms with Crippen molar-refractivity contribution >= 4 is 33.5 Å². The van der Waals surface area contributed by atoms with Crippen molar-refractivity contribution in [3.05, 3.63) is 56.3 Å². The van der Waals surface area contributed by atoms with Crippen molar-refractivity contribution in [3.8, 4) is 0 Å². The summed E-state index contributed by atoms with van der Waals surface area (Å²) in [4.78, 5) is 20.2. The molecular weight excluding hydrogens is 394 g/mol. The number of sulfonamides is 1. The molecule has 1 aromatic carbocycles. The normalized spacial score (nSPS) is 11.8. The van der Waals surface area contributed by atoms with Gasteiger partial charge < -0.3 is 4.42 Å². The number of rotatable bonds is 9. The monoisotopic (exact) mass is 411 g/mol. The molecule has 0 amide bonds. The molecule has 0 saturated carbocycles. The lowest BCUT2D eigenvalue weighted by Crippen LogP contribution is -2.30. The minimum absolute atomic E-state index is 0.0548. The standard InChI is InChI=1S/C15H17N5O7S/c1-3-18(4-2)28(25,26)12-6-7-13(14(9-12)19(21)22)17-16-10-11-5-8-15(27-11)20(23)24/h5-10,17H,3-4H2,1-2H3. The van der Waals surface area contributed by atoms with Crippen LogP contribution in [0.1, 0.15) is 19.6 Å². The molecule has 1 heterocycles. The lowest BCUT2D eigenvalue weighted by atomic mass is 10.3. The van der Waals surface area contributed by atoms with Crippen LogP contribution < -0.4 is 5.43 Å². The summed E-state index contributed by atoms with van der Waals surface area (Å²) in [6, 6.07) is 5.84. The average Bonchev–Trinajstić information content (AvgIpc) is 3.11. The Morgan fingerprint density at radius 3 is 2.36 bits per heavy atom. The van der Waals surface area contributed by atoms with Gasteiger partial charge in [0.25, 0.3) is 5.69 Å². The van der Waals surface area contributed by atoms with Crippen molar-refractivity contribution < 1.29 is 22.7 Å². The van der Waals surface area contributed by atoms with Gasteiger partial charge in [-0.2, -0.15) is 9.41 Å². The smallest absolute Gasteiger partial charge is 0.400 e. The van der Waals surface area contributed by atoms with E-state index >= 15 is 0 Å². The molecule has 0 aliphatic rings. The zero-order valence-electron chi connectivity index (χ0n) is 14.9. The van der Waals surface area contributed by atoms with Crippen molar-refractivity contribution in [1.29, 1.82) is 0 Å². The molecule has 150 valence electrons. The summed E-state index contributed by atoms with van der Waals surface area (Å²) in [6.45, 7) is 3.79. The zero-order chi connectivity index (χ0) is 20.9. The fraction of sp³-hybridized carbons (Fsp3) is 0.267. The number of hydrazone groups is 1. The Balaban J connectivity index is 2.29. The fourth-order valence-corrected chi connectivity index (χ4v) is 3.78. The summed E-state index contributed by atoms with van der Waals surface area (Å²) in [6.07, 6.45) is 1.09. The molecule has 1 N–H and O–H groups in total. The number of hydrogen-bond acceptors (Lipinski definition) is 9. The number of anilines is 1. The predicted molar refractivity (Wildman–Crippen MR) is 99.8 cm³/mol. The van der Waals surface area contributed by atoms with Crippen LogP contribution >= 0.6 is 0 Å². The third-order valence-electron chi connectivity index (χ3n) is 3.68. The molecule has 2 rings (SSSR count). The Bertz CT molecular complexity index is 1010. The highest BCUT2D eigenvalue weighted by atomic mass is 32.2. The van der Waals surface area contributed by atoms with Gasteiger partial charge in [-0.1, -0.05) is 13.8 Å². The SMILES string of the molecule is CCN(CC)S(=O)(=O)c1ccc(NN=Cc2ccc([N+](=O)[O-])o2)c([N+](=O)[O-])c1. The van der Waals surface area contributed by atoms with E-state index in [1.807, 2.05) is 0 Å². The van der Waals surface area contributed by atoms with Crippen molar-refractivity contribution in [2.45, 2.75) is 18.7 Å². The van der Waals surface area contributed by atoms with Gasteiger partial charge in [0.2, 0.25) is 10.0 Å². The summed E-state index contributed by atoms with van der Waals surface area (Å²) in [5, 5.41) is 25.6. The molecule has 1 aromatic heterocycles. The second-order valence-electron chi connectivity index (χ2n) is 5.33. The van der Waals surface area contributed by atoms with Crippen molar-refractivity contribution in [3.63, 3.8) is 0 Å². The number of hydrogen-bond donors (Lipinski definition) is 1. The first-order chi connectivity index (χ1) is 13.2. The zero-order valence-corrected chi connectivity index (χ0v) is 15.7. The lowest BCUT2D eigenvalue weighted by molar-refractivity contribution is -0.402. The van der Waals surface area contributed by atoms with E-state index < -0.39 is 31.4 Å². The van der Waals surface area contributed by atoms with Gasteiger partial charge in [-0.15, -0.1) is 0 Å². The predicted octanol–water partition coefficient (Wildman–Crippen LogP) is 2.57. The topological polar surface area (TPSA) is 161 Å². The number of nitro groups is 2. The highest BCUT2D eigenvalue weighted by Crippen LogP contribution is 2.29. The first kappa shape index (κ1) is 21.0. The Morgan fingerprint density at radius 1 is 1.14 bits per heavy atom. The second kappa shape index (κ2) is 8.58. The van der Waals surface area contributed by atoms with Crippen LogP contribution in [0.2, 0.25) is 0 Å². The molecule has 0 bridgehead atoms. The van der Waals surface area contributed by atoms with Crippen molar-refractivity contribution in [2.75, 3.05) is 18.5 Å². The van der Waals surface area contributed by atoms with Crippen LogP contribution in [-0.4, -0.2) is 41.9 Å². The molecule has 0 aliphatic heterocycles. The molecule has 0 spiro atoms. The van der Waals surface area contributed by atoms with Gasteiger partial charge in [-0.05, 0) is 18.2 Å². The minimum atomic E-state index is -3.86. The Labute approximate surface area is 159 Å². The molecular formula is C15H17N5O7S. The van der Waals surface area contributed by atoms with Crippen molar-refractivity contribution in [2.24, 2.45) is 5.10 Å². The molecule has 0 atom stereocenters. The quantitative estimate of drug-likeness (QED) is 0.374. The number of nitrogens with zero attached hydrogens (tertiary/aromatic N) is 4. The molecule has 0 radical (unpaired) electrons. The maximum absolute atomic E-state index is 12.5. The minimum Gasteiger partial charge on any atom is -0.400 e. The summed E-state index contributed by atoms with van der Waals surface area (Å²) in [7, 11) is -3.86. The maximum Gasteiger partial charge on any atom is 0.433 e. The van der Waals surface area contributed by atoms with Crippen molar-refractivity contribution in [1.82, 2.24) is 4.31 Å². The van der Waals surface area contributed by atoms with Gasteiger partial charge in [0.05, 0.1) is 22.1 Å². The van der Waals surface area contributed by atoms with Crippen LogP contribution in [0.25, 0.3) is 0 Å². The van der Waals surface area contributed by atoms with Crippen LogP contribution in [0.3, 0.4) is 0 Å². The molecule has 0 unspecified atom stereocenters. The number of nitrogens with one attached hydrogen (secondary N) is 1. The average molecular weight is 411 g/mol. The molecule has 0 fully saturated rings. The van der Waals surface area contributed by atoms with Crippen LogP contribution in [-0.2, 0) is 10.0 Å². The highest BCUT2D eigenvalue weighted by Gasteiger charge is 2.25. The molecule has 0 saturated heterocycles. The highest BCUT2D eigenvalue weighted by molar-refractivity contribution is 7.89. The first-order valence-corrected chi connectivity index (χ1v) is 9.46. The third kappa shape index (κ3) is 4.50. The summed E-state index contributed by atoms with van der Waals surface area (Å²) in [5.41, 5.74) is 1.86. The van der Waals surface area contributed by atoms with E-state index in [2.05, 4.69) is 10.5 Å².